The number of anilines is 1. The molecule has 20 heavy (non-hydrogen) atoms. The zero-order valence-corrected chi connectivity index (χ0v) is 13.0. The number of benzene rings is 1. The number of rotatable bonds is 7. The van der Waals surface area contributed by atoms with Gasteiger partial charge in [0.15, 0.2) is 0 Å². The normalized spacial score (nSPS) is 10.4. The summed E-state index contributed by atoms with van der Waals surface area (Å²) < 4.78 is 5.12. The minimum absolute atomic E-state index is 0.0339. The van der Waals surface area contributed by atoms with Gasteiger partial charge < -0.3 is 10.1 Å². The number of esters is 1. The average molecular weight is 295 g/mol. The van der Waals surface area contributed by atoms with E-state index in [9.17, 15) is 9.59 Å². The Hall–Kier alpha value is -1.49. The zero-order valence-electron chi connectivity index (χ0n) is 12.1. The Morgan fingerprint density at radius 1 is 1.35 bits per heavy atom. The van der Waals surface area contributed by atoms with Gasteiger partial charge in [-0.3, -0.25) is 4.79 Å². The van der Waals surface area contributed by atoms with E-state index in [2.05, 4.69) is 5.32 Å². The Morgan fingerprint density at radius 2 is 2.10 bits per heavy atom. The van der Waals surface area contributed by atoms with Crippen LogP contribution >= 0.6 is 11.8 Å². The first-order valence-electron chi connectivity index (χ1n) is 6.62. The van der Waals surface area contributed by atoms with Gasteiger partial charge in [-0.05, 0) is 50.5 Å². The van der Waals surface area contributed by atoms with Crippen molar-refractivity contribution in [3.63, 3.8) is 0 Å². The van der Waals surface area contributed by atoms with Crippen molar-refractivity contribution in [2.45, 2.75) is 32.8 Å². The van der Waals surface area contributed by atoms with Gasteiger partial charge in [0.2, 0.25) is 5.91 Å². The number of thioether (sulfide) groups is 1. The molecule has 4 nitrogen and oxygen atoms in total. The third-order valence-electron chi connectivity index (χ3n) is 2.48. The van der Waals surface area contributed by atoms with Crippen molar-refractivity contribution >= 4 is 29.3 Å². The summed E-state index contributed by atoms with van der Waals surface area (Å²) in [4.78, 5) is 23.5. The lowest BCUT2D eigenvalue weighted by Gasteiger charge is -2.09. The molecule has 0 unspecified atom stereocenters. The molecule has 110 valence electrons. The van der Waals surface area contributed by atoms with Crippen LogP contribution in [0.3, 0.4) is 0 Å². The highest BCUT2D eigenvalue weighted by atomic mass is 32.2. The predicted octanol–water partition coefficient (Wildman–Crippen LogP) is 3.33. The third-order valence-corrected chi connectivity index (χ3v) is 3.17. The standard InChI is InChI=1S/C15H21NO3S/c1-11(2)19-15(18)12-6-4-7-13(10-12)16-14(17)8-5-9-20-3/h4,6-7,10-11H,5,8-9H2,1-3H3,(H,16,17). The average Bonchev–Trinajstić information content (AvgIpc) is 2.38. The van der Waals surface area contributed by atoms with Crippen LogP contribution in [0, 0.1) is 0 Å². The second kappa shape index (κ2) is 8.64. The van der Waals surface area contributed by atoms with Crippen molar-refractivity contribution in [3.05, 3.63) is 29.8 Å². The first-order chi connectivity index (χ1) is 9.52. The minimum Gasteiger partial charge on any atom is -0.459 e. The van der Waals surface area contributed by atoms with Gasteiger partial charge in [-0.25, -0.2) is 4.79 Å². The van der Waals surface area contributed by atoms with Crippen LogP contribution in [0.2, 0.25) is 0 Å². The monoisotopic (exact) mass is 295 g/mol. The lowest BCUT2D eigenvalue weighted by atomic mass is 10.2. The SMILES string of the molecule is CSCCCC(=O)Nc1cccc(C(=O)OC(C)C)c1. The Bertz CT molecular complexity index is 460. The van der Waals surface area contributed by atoms with E-state index in [4.69, 9.17) is 4.74 Å². The molecule has 1 amide bonds. The smallest absolute Gasteiger partial charge is 0.338 e. The second-order valence-corrected chi connectivity index (χ2v) is 5.66. The molecule has 0 heterocycles. The summed E-state index contributed by atoms with van der Waals surface area (Å²) in [5.41, 5.74) is 1.07. The van der Waals surface area contributed by atoms with Gasteiger partial charge in [0.05, 0.1) is 11.7 Å². The molecule has 0 aliphatic heterocycles. The first kappa shape index (κ1) is 16.6. The van der Waals surface area contributed by atoms with Crippen LogP contribution in [-0.2, 0) is 9.53 Å². The van der Waals surface area contributed by atoms with Crippen LogP contribution < -0.4 is 5.32 Å². The molecule has 1 aromatic rings. The van der Waals surface area contributed by atoms with Crippen LogP contribution in [0.15, 0.2) is 24.3 Å². The van der Waals surface area contributed by atoms with Gasteiger partial charge in [0.1, 0.15) is 0 Å². The zero-order chi connectivity index (χ0) is 15.0. The lowest BCUT2D eigenvalue weighted by molar-refractivity contribution is -0.116. The van der Waals surface area contributed by atoms with Gasteiger partial charge in [0, 0.05) is 12.1 Å². The number of hydrogen-bond acceptors (Lipinski definition) is 4. The van der Waals surface area contributed by atoms with Crippen LogP contribution in [0.4, 0.5) is 5.69 Å². The molecule has 0 bridgehead atoms. The van der Waals surface area contributed by atoms with Gasteiger partial charge in [-0.1, -0.05) is 6.07 Å². The van der Waals surface area contributed by atoms with Crippen molar-refractivity contribution in [3.8, 4) is 0 Å². The van der Waals surface area contributed by atoms with Crippen molar-refractivity contribution in [1.82, 2.24) is 0 Å². The molecule has 0 aliphatic carbocycles. The maximum atomic E-state index is 11.8. The Labute approximate surface area is 124 Å². The maximum Gasteiger partial charge on any atom is 0.338 e. The van der Waals surface area contributed by atoms with E-state index in [0.29, 0.717) is 17.7 Å². The quantitative estimate of drug-likeness (QED) is 0.619. The number of carbonyl (C=O) groups excluding carboxylic acids is 2. The molecule has 0 aromatic heterocycles. The molecule has 0 fully saturated rings. The van der Waals surface area contributed by atoms with Gasteiger partial charge in [0.25, 0.3) is 0 Å². The fourth-order valence-corrected chi connectivity index (χ4v) is 2.04. The Kier molecular flexibility index (Phi) is 7.15. The van der Waals surface area contributed by atoms with E-state index >= 15 is 0 Å². The van der Waals surface area contributed by atoms with E-state index in [1.807, 2.05) is 6.26 Å². The van der Waals surface area contributed by atoms with E-state index in [-0.39, 0.29) is 18.0 Å². The number of ether oxygens (including phenoxy) is 1. The molecule has 1 aromatic carbocycles. The third kappa shape index (κ3) is 6.10. The maximum absolute atomic E-state index is 11.8. The topological polar surface area (TPSA) is 55.4 Å². The van der Waals surface area contributed by atoms with Gasteiger partial charge >= 0.3 is 5.97 Å². The molecule has 0 aliphatic rings. The van der Waals surface area contributed by atoms with Crippen LogP contribution in [-0.4, -0.2) is 30.0 Å². The fraction of sp³-hybridized carbons (Fsp3) is 0.467. The van der Waals surface area contributed by atoms with E-state index in [0.717, 1.165) is 12.2 Å². The number of nitrogens with one attached hydrogen (secondary N) is 1. The van der Waals surface area contributed by atoms with E-state index in [1.54, 1.807) is 49.9 Å². The molecule has 5 heteroatoms. The summed E-state index contributed by atoms with van der Waals surface area (Å²) >= 11 is 1.72. The van der Waals surface area contributed by atoms with E-state index < -0.39 is 0 Å². The molecule has 0 saturated heterocycles. The molecule has 0 atom stereocenters. The first-order valence-corrected chi connectivity index (χ1v) is 8.02. The van der Waals surface area contributed by atoms with Crippen LogP contribution in [0.1, 0.15) is 37.0 Å². The van der Waals surface area contributed by atoms with Gasteiger partial charge in [-0.2, -0.15) is 11.8 Å². The number of amides is 1. The fourth-order valence-electron chi connectivity index (χ4n) is 1.61. The summed E-state index contributed by atoms with van der Waals surface area (Å²) in [6.07, 6.45) is 3.19. The Morgan fingerprint density at radius 3 is 2.75 bits per heavy atom. The largest absolute Gasteiger partial charge is 0.459 e. The summed E-state index contributed by atoms with van der Waals surface area (Å²) in [7, 11) is 0. The van der Waals surface area contributed by atoms with Gasteiger partial charge in [-0.15, -0.1) is 0 Å². The highest BCUT2D eigenvalue weighted by molar-refractivity contribution is 7.98. The molecule has 0 saturated carbocycles. The molecule has 0 spiro atoms. The van der Waals surface area contributed by atoms with Crippen molar-refractivity contribution < 1.29 is 14.3 Å². The predicted molar refractivity (Wildman–Crippen MR) is 83.2 cm³/mol. The number of hydrogen-bond donors (Lipinski definition) is 1. The molecular weight excluding hydrogens is 274 g/mol. The van der Waals surface area contributed by atoms with Crippen molar-refractivity contribution in [1.29, 1.82) is 0 Å². The van der Waals surface area contributed by atoms with E-state index in [1.165, 1.54) is 0 Å². The summed E-state index contributed by atoms with van der Waals surface area (Å²) in [5, 5.41) is 2.79. The second-order valence-electron chi connectivity index (χ2n) is 4.68. The van der Waals surface area contributed by atoms with Crippen LogP contribution in [0.5, 0.6) is 0 Å². The highest BCUT2D eigenvalue weighted by Gasteiger charge is 2.10. The lowest BCUT2D eigenvalue weighted by Crippen LogP contribution is -2.14. The number of carbonyl (C=O) groups is 2. The van der Waals surface area contributed by atoms with Crippen molar-refractivity contribution in [2.75, 3.05) is 17.3 Å². The molecular formula is C15H21NO3S. The summed E-state index contributed by atoms with van der Waals surface area (Å²) in [6, 6.07) is 6.80. The molecule has 1 N–H and O–H groups in total. The summed E-state index contributed by atoms with van der Waals surface area (Å²) in [5.74, 6) is 0.556. The Balaban J connectivity index is 2.59. The molecule has 0 radical (unpaired) electrons. The minimum atomic E-state index is -0.376. The van der Waals surface area contributed by atoms with Crippen LogP contribution in [0.25, 0.3) is 0 Å². The highest BCUT2D eigenvalue weighted by Crippen LogP contribution is 2.13. The van der Waals surface area contributed by atoms with Crippen molar-refractivity contribution in [2.24, 2.45) is 0 Å². The molecule has 1 rings (SSSR count). The summed E-state index contributed by atoms with van der Waals surface area (Å²) in [6.45, 7) is 3.60.